The van der Waals surface area contributed by atoms with Crippen LogP contribution in [0, 0.1) is 34.0 Å². The maximum absolute atomic E-state index is 9.59. The van der Waals surface area contributed by atoms with Gasteiger partial charge >= 0.3 is 0 Å². The number of aliphatic hydroxyl groups is 1. The SMILES string of the molecule is C[C@]1([C@@H](Br)CO)CC[C@H]2C(=CC[C@@H]3[C@@]4(C)C[C@H]4CC[C@]32C)C1. The fraction of sp³-hybridized carbons (Fsp3) is 0.900. The van der Waals surface area contributed by atoms with Gasteiger partial charge in [-0.15, -0.1) is 0 Å². The van der Waals surface area contributed by atoms with E-state index in [4.69, 9.17) is 0 Å². The molecule has 22 heavy (non-hydrogen) atoms. The molecule has 124 valence electrons. The number of aliphatic hydroxyl groups excluding tert-OH is 1. The zero-order valence-corrected chi connectivity index (χ0v) is 16.0. The minimum Gasteiger partial charge on any atom is -0.395 e. The third-order valence-electron chi connectivity index (χ3n) is 8.47. The minimum absolute atomic E-state index is 0.237. The second kappa shape index (κ2) is 4.85. The highest BCUT2D eigenvalue weighted by molar-refractivity contribution is 9.09. The molecule has 0 aromatic carbocycles. The van der Waals surface area contributed by atoms with Crippen molar-refractivity contribution in [2.75, 3.05) is 6.61 Å². The summed E-state index contributed by atoms with van der Waals surface area (Å²) in [5.74, 6) is 2.78. The Morgan fingerprint density at radius 1 is 1.23 bits per heavy atom. The average molecular weight is 367 g/mol. The van der Waals surface area contributed by atoms with Gasteiger partial charge in [0.15, 0.2) is 0 Å². The molecule has 0 aliphatic heterocycles. The number of fused-ring (bicyclic) bond motifs is 5. The van der Waals surface area contributed by atoms with Crippen molar-refractivity contribution in [2.24, 2.45) is 34.0 Å². The van der Waals surface area contributed by atoms with Crippen molar-refractivity contribution in [2.45, 2.75) is 70.5 Å². The summed E-state index contributed by atoms with van der Waals surface area (Å²) in [6.07, 6.45) is 12.1. The standard InChI is InChI=1S/C20H31BrO/c1-18(17(21)12-22)8-7-15-13(10-18)4-5-16-19(15,2)9-6-14-11-20(14,16)3/h4,14-17,22H,5-12H2,1-3H3/t14-,15+,16+,17+,18+,19+,20+/m1/s1. The van der Waals surface area contributed by atoms with E-state index < -0.39 is 0 Å². The molecule has 0 bridgehead atoms. The van der Waals surface area contributed by atoms with E-state index in [-0.39, 0.29) is 16.8 Å². The number of hydrogen-bond donors (Lipinski definition) is 1. The molecule has 0 heterocycles. The van der Waals surface area contributed by atoms with E-state index in [2.05, 4.69) is 42.8 Å². The lowest BCUT2D eigenvalue weighted by atomic mass is 9.48. The van der Waals surface area contributed by atoms with Crippen molar-refractivity contribution in [3.63, 3.8) is 0 Å². The second-order valence-corrected chi connectivity index (χ2v) is 10.7. The van der Waals surface area contributed by atoms with Crippen LogP contribution in [0.25, 0.3) is 0 Å². The Morgan fingerprint density at radius 2 is 2.00 bits per heavy atom. The summed E-state index contributed by atoms with van der Waals surface area (Å²) < 4.78 is 0. The molecule has 4 aliphatic rings. The predicted octanol–water partition coefficient (Wildman–Crippen LogP) is 5.32. The lowest BCUT2D eigenvalue weighted by molar-refractivity contribution is -0.0173. The van der Waals surface area contributed by atoms with Gasteiger partial charge < -0.3 is 5.11 Å². The molecular weight excluding hydrogens is 336 g/mol. The molecular formula is C20H31BrO. The molecule has 1 N–H and O–H groups in total. The highest BCUT2D eigenvalue weighted by Crippen LogP contribution is 2.73. The quantitative estimate of drug-likeness (QED) is 0.517. The number of allylic oxidation sites excluding steroid dienone is 2. The van der Waals surface area contributed by atoms with Crippen LogP contribution in [0.5, 0.6) is 0 Å². The Bertz CT molecular complexity index is 514. The van der Waals surface area contributed by atoms with Gasteiger partial charge in [-0.1, -0.05) is 48.4 Å². The van der Waals surface area contributed by atoms with Crippen LogP contribution < -0.4 is 0 Å². The van der Waals surface area contributed by atoms with E-state index in [0.29, 0.717) is 10.8 Å². The van der Waals surface area contributed by atoms with Crippen LogP contribution in [0.3, 0.4) is 0 Å². The zero-order chi connectivity index (χ0) is 15.8. The summed E-state index contributed by atoms with van der Waals surface area (Å²) in [7, 11) is 0. The number of alkyl halides is 1. The summed E-state index contributed by atoms with van der Waals surface area (Å²) in [4.78, 5) is 0.240. The van der Waals surface area contributed by atoms with Crippen molar-refractivity contribution in [1.29, 1.82) is 0 Å². The lowest BCUT2D eigenvalue weighted by Gasteiger charge is -2.57. The van der Waals surface area contributed by atoms with Crippen molar-refractivity contribution in [1.82, 2.24) is 0 Å². The Morgan fingerprint density at radius 3 is 2.73 bits per heavy atom. The molecule has 0 saturated heterocycles. The molecule has 2 heteroatoms. The normalized spacial score (nSPS) is 54.6. The van der Waals surface area contributed by atoms with Gasteiger partial charge in [-0.25, -0.2) is 0 Å². The highest BCUT2D eigenvalue weighted by Gasteiger charge is 2.65. The predicted molar refractivity (Wildman–Crippen MR) is 95.0 cm³/mol. The van der Waals surface area contributed by atoms with Gasteiger partial charge in [0.2, 0.25) is 0 Å². The monoisotopic (exact) mass is 366 g/mol. The average Bonchev–Trinajstić information content (AvgIpc) is 3.17. The molecule has 0 spiro atoms. The van der Waals surface area contributed by atoms with Gasteiger partial charge in [-0.3, -0.25) is 0 Å². The molecule has 4 aliphatic carbocycles. The van der Waals surface area contributed by atoms with Crippen LogP contribution in [0.1, 0.15) is 65.7 Å². The highest BCUT2D eigenvalue weighted by atomic mass is 79.9. The first-order valence-corrected chi connectivity index (χ1v) is 10.2. The summed E-state index contributed by atoms with van der Waals surface area (Å²) in [5.41, 5.74) is 3.18. The third kappa shape index (κ3) is 1.98. The third-order valence-corrected chi connectivity index (χ3v) is 9.87. The summed E-state index contributed by atoms with van der Waals surface area (Å²) in [6.45, 7) is 7.82. The molecule has 3 saturated carbocycles. The lowest BCUT2D eigenvalue weighted by Crippen LogP contribution is -2.49. The molecule has 7 atom stereocenters. The van der Waals surface area contributed by atoms with Crippen LogP contribution in [0.15, 0.2) is 11.6 Å². The van der Waals surface area contributed by atoms with Crippen LogP contribution in [-0.2, 0) is 0 Å². The molecule has 3 fully saturated rings. The molecule has 0 aromatic rings. The van der Waals surface area contributed by atoms with Gasteiger partial charge in [0.25, 0.3) is 0 Å². The Balaban J connectivity index is 1.63. The van der Waals surface area contributed by atoms with E-state index in [1.165, 1.54) is 44.9 Å². The summed E-state index contributed by atoms with van der Waals surface area (Å²) in [5, 5.41) is 9.59. The van der Waals surface area contributed by atoms with Gasteiger partial charge in [0.05, 0.1) is 6.61 Å². The van der Waals surface area contributed by atoms with Crippen molar-refractivity contribution >= 4 is 15.9 Å². The molecule has 0 amide bonds. The van der Waals surface area contributed by atoms with Crippen molar-refractivity contribution < 1.29 is 5.11 Å². The van der Waals surface area contributed by atoms with E-state index in [0.717, 1.165) is 17.8 Å². The Labute approximate surface area is 144 Å². The first-order valence-electron chi connectivity index (χ1n) is 9.27. The van der Waals surface area contributed by atoms with Crippen LogP contribution in [-0.4, -0.2) is 16.5 Å². The van der Waals surface area contributed by atoms with E-state index in [1.807, 2.05) is 0 Å². The molecule has 4 rings (SSSR count). The maximum atomic E-state index is 9.59. The summed E-state index contributed by atoms with van der Waals surface area (Å²) in [6, 6.07) is 0. The van der Waals surface area contributed by atoms with E-state index >= 15 is 0 Å². The maximum Gasteiger partial charge on any atom is 0.0561 e. The van der Waals surface area contributed by atoms with Gasteiger partial charge in [0.1, 0.15) is 0 Å². The largest absolute Gasteiger partial charge is 0.395 e. The van der Waals surface area contributed by atoms with Crippen molar-refractivity contribution in [3.8, 4) is 0 Å². The van der Waals surface area contributed by atoms with Gasteiger partial charge in [-0.2, -0.15) is 0 Å². The fourth-order valence-corrected chi connectivity index (χ4v) is 7.15. The van der Waals surface area contributed by atoms with Crippen LogP contribution in [0.4, 0.5) is 0 Å². The molecule has 0 aromatic heterocycles. The van der Waals surface area contributed by atoms with Crippen LogP contribution >= 0.6 is 15.9 Å². The first kappa shape index (κ1) is 15.7. The topological polar surface area (TPSA) is 20.2 Å². The van der Waals surface area contributed by atoms with E-state index in [9.17, 15) is 5.11 Å². The fourth-order valence-electron chi connectivity index (χ4n) is 6.76. The molecule has 0 radical (unpaired) electrons. The smallest absolute Gasteiger partial charge is 0.0561 e. The zero-order valence-electron chi connectivity index (χ0n) is 14.4. The van der Waals surface area contributed by atoms with E-state index in [1.54, 1.807) is 5.57 Å². The number of rotatable bonds is 2. The number of hydrogen-bond acceptors (Lipinski definition) is 1. The first-order chi connectivity index (χ1) is 10.3. The van der Waals surface area contributed by atoms with Crippen LogP contribution in [0.2, 0.25) is 0 Å². The van der Waals surface area contributed by atoms with Crippen molar-refractivity contribution in [3.05, 3.63) is 11.6 Å². The Hall–Kier alpha value is 0.180. The number of halogens is 1. The Kier molecular flexibility index (Phi) is 3.46. The van der Waals surface area contributed by atoms with Gasteiger partial charge in [-0.05, 0) is 78.9 Å². The summed E-state index contributed by atoms with van der Waals surface area (Å²) >= 11 is 3.74. The molecule has 0 unspecified atom stereocenters. The minimum atomic E-state index is 0.237. The second-order valence-electron chi connectivity index (χ2n) is 9.59. The van der Waals surface area contributed by atoms with Gasteiger partial charge in [0, 0.05) is 4.83 Å². The molecule has 1 nitrogen and oxygen atoms in total.